The van der Waals surface area contributed by atoms with Crippen molar-refractivity contribution in [3.63, 3.8) is 0 Å². The van der Waals surface area contributed by atoms with Crippen LogP contribution in [0.25, 0.3) is 11.0 Å². The van der Waals surface area contributed by atoms with E-state index in [-0.39, 0.29) is 6.04 Å². The van der Waals surface area contributed by atoms with Gasteiger partial charge in [-0.2, -0.15) is 0 Å². The molecule has 92 valence electrons. The van der Waals surface area contributed by atoms with Crippen LogP contribution < -0.4 is 5.73 Å². The van der Waals surface area contributed by atoms with Crippen molar-refractivity contribution in [3.8, 4) is 0 Å². The highest BCUT2D eigenvalue weighted by atomic mass is 15.1. The zero-order chi connectivity index (χ0) is 12.4. The van der Waals surface area contributed by atoms with E-state index < -0.39 is 0 Å². The molecule has 0 amide bonds. The minimum atomic E-state index is 0.198. The number of rotatable bonds is 4. The van der Waals surface area contributed by atoms with Crippen LogP contribution >= 0.6 is 0 Å². The van der Waals surface area contributed by atoms with Crippen molar-refractivity contribution in [2.24, 2.45) is 5.73 Å². The lowest BCUT2D eigenvalue weighted by molar-refractivity contribution is 0.547. The third-order valence-electron chi connectivity index (χ3n) is 3.15. The quantitative estimate of drug-likeness (QED) is 0.879. The van der Waals surface area contributed by atoms with Crippen molar-refractivity contribution in [1.29, 1.82) is 0 Å². The van der Waals surface area contributed by atoms with Crippen LogP contribution in [0.1, 0.15) is 39.1 Å². The first-order chi connectivity index (χ1) is 8.13. The first kappa shape index (κ1) is 12.1. The molecule has 0 fully saturated rings. The first-order valence-corrected chi connectivity index (χ1v) is 6.35. The van der Waals surface area contributed by atoms with Crippen LogP contribution in [0, 0.1) is 0 Å². The van der Waals surface area contributed by atoms with E-state index in [2.05, 4.69) is 43.5 Å². The first-order valence-electron chi connectivity index (χ1n) is 6.35. The summed E-state index contributed by atoms with van der Waals surface area (Å²) < 4.78 is 2.30. The average Bonchev–Trinajstić information content (AvgIpc) is 2.66. The Kier molecular flexibility index (Phi) is 3.48. The normalized spacial score (nSPS) is 13.5. The van der Waals surface area contributed by atoms with Crippen LogP contribution in [0.3, 0.4) is 0 Å². The van der Waals surface area contributed by atoms with E-state index in [1.807, 2.05) is 6.07 Å². The van der Waals surface area contributed by atoms with E-state index >= 15 is 0 Å². The summed E-state index contributed by atoms with van der Waals surface area (Å²) in [6.45, 7) is 6.50. The maximum atomic E-state index is 6.04. The van der Waals surface area contributed by atoms with E-state index in [4.69, 9.17) is 10.7 Å². The Morgan fingerprint density at radius 1 is 1.29 bits per heavy atom. The summed E-state index contributed by atoms with van der Waals surface area (Å²) in [5.74, 6) is 1.11. The molecule has 1 aromatic heterocycles. The highest BCUT2D eigenvalue weighted by Gasteiger charge is 2.14. The third-order valence-corrected chi connectivity index (χ3v) is 3.15. The van der Waals surface area contributed by atoms with Crippen LogP contribution in [0.4, 0.5) is 0 Å². The molecule has 0 spiro atoms. The van der Waals surface area contributed by atoms with E-state index in [0.29, 0.717) is 6.04 Å². The molecule has 0 saturated carbocycles. The van der Waals surface area contributed by atoms with Gasteiger partial charge in [0, 0.05) is 18.5 Å². The Balaban J connectivity index is 2.50. The van der Waals surface area contributed by atoms with Crippen LogP contribution in [-0.4, -0.2) is 15.6 Å². The lowest BCUT2D eigenvalue weighted by atomic mass is 10.1. The number of nitrogens with zero attached hydrogens (tertiary/aromatic N) is 2. The van der Waals surface area contributed by atoms with Gasteiger partial charge in [0.05, 0.1) is 11.0 Å². The number of hydrogen-bond donors (Lipinski definition) is 1. The van der Waals surface area contributed by atoms with Crippen molar-refractivity contribution in [3.05, 3.63) is 30.1 Å². The van der Waals surface area contributed by atoms with Gasteiger partial charge in [0.1, 0.15) is 5.82 Å². The molecule has 0 aliphatic carbocycles. The van der Waals surface area contributed by atoms with Crippen molar-refractivity contribution in [1.82, 2.24) is 9.55 Å². The molecule has 0 radical (unpaired) electrons. The number of hydrogen-bond acceptors (Lipinski definition) is 2. The summed E-state index contributed by atoms with van der Waals surface area (Å²) in [4.78, 5) is 4.70. The maximum Gasteiger partial charge on any atom is 0.111 e. The lowest BCUT2D eigenvalue weighted by Crippen LogP contribution is -2.24. The van der Waals surface area contributed by atoms with Gasteiger partial charge in [-0.15, -0.1) is 0 Å². The molecule has 1 heterocycles. The number of benzene rings is 1. The van der Waals surface area contributed by atoms with Crippen LogP contribution in [0.5, 0.6) is 0 Å². The molecule has 1 atom stereocenters. The minimum absolute atomic E-state index is 0.198. The highest BCUT2D eigenvalue weighted by molar-refractivity contribution is 5.76. The van der Waals surface area contributed by atoms with Gasteiger partial charge in [-0.05, 0) is 32.4 Å². The molecule has 1 unspecified atom stereocenters. The molecule has 0 aliphatic rings. The molecule has 0 saturated heterocycles. The zero-order valence-electron chi connectivity index (χ0n) is 10.9. The van der Waals surface area contributed by atoms with Crippen LogP contribution in [0.2, 0.25) is 0 Å². The minimum Gasteiger partial charge on any atom is -0.327 e. The van der Waals surface area contributed by atoms with Gasteiger partial charge in [0.2, 0.25) is 0 Å². The largest absolute Gasteiger partial charge is 0.327 e. The predicted octanol–water partition coefficient (Wildman–Crippen LogP) is 2.90. The van der Waals surface area contributed by atoms with Gasteiger partial charge >= 0.3 is 0 Å². The molecule has 0 aliphatic heterocycles. The van der Waals surface area contributed by atoms with Gasteiger partial charge in [-0.1, -0.05) is 19.1 Å². The number of nitrogens with two attached hydrogens (primary N) is 1. The van der Waals surface area contributed by atoms with Gasteiger partial charge in [0.15, 0.2) is 0 Å². The molecular weight excluding hydrogens is 210 g/mol. The van der Waals surface area contributed by atoms with E-state index in [9.17, 15) is 0 Å². The maximum absolute atomic E-state index is 6.04. The third kappa shape index (κ3) is 2.34. The number of imidazole rings is 1. The average molecular weight is 231 g/mol. The SMILES string of the molecule is CCC(N)Cc1nc2ccccc2n1C(C)C. The summed E-state index contributed by atoms with van der Waals surface area (Å²) in [5, 5.41) is 0. The standard InChI is InChI=1S/C14H21N3/c1-4-11(15)9-14-16-12-7-5-6-8-13(12)17(14)10(2)3/h5-8,10-11H,4,9,15H2,1-3H3. The molecule has 17 heavy (non-hydrogen) atoms. The fourth-order valence-corrected chi connectivity index (χ4v) is 2.19. The lowest BCUT2D eigenvalue weighted by Gasteiger charge is -2.15. The van der Waals surface area contributed by atoms with Crippen molar-refractivity contribution >= 4 is 11.0 Å². The predicted molar refractivity (Wildman–Crippen MR) is 72.1 cm³/mol. The van der Waals surface area contributed by atoms with Crippen LogP contribution in [-0.2, 0) is 6.42 Å². The van der Waals surface area contributed by atoms with Crippen molar-refractivity contribution < 1.29 is 0 Å². The fourth-order valence-electron chi connectivity index (χ4n) is 2.19. The number of aromatic nitrogens is 2. The molecular formula is C14H21N3. The van der Waals surface area contributed by atoms with Gasteiger partial charge < -0.3 is 10.3 Å². The molecule has 3 heteroatoms. The molecule has 3 nitrogen and oxygen atoms in total. The van der Waals surface area contributed by atoms with Gasteiger partial charge in [-0.25, -0.2) is 4.98 Å². The Hall–Kier alpha value is -1.35. The zero-order valence-corrected chi connectivity index (χ0v) is 10.9. The molecule has 1 aromatic carbocycles. The molecule has 0 bridgehead atoms. The monoisotopic (exact) mass is 231 g/mol. The number of para-hydroxylation sites is 2. The Labute approximate surface area is 103 Å². The second kappa shape index (κ2) is 4.88. The summed E-state index contributed by atoms with van der Waals surface area (Å²) in [6.07, 6.45) is 1.84. The Morgan fingerprint density at radius 2 is 2.00 bits per heavy atom. The smallest absolute Gasteiger partial charge is 0.111 e. The van der Waals surface area contributed by atoms with Gasteiger partial charge in [0.25, 0.3) is 0 Å². The summed E-state index contributed by atoms with van der Waals surface area (Å²) in [7, 11) is 0. The van der Waals surface area contributed by atoms with E-state index in [1.54, 1.807) is 0 Å². The van der Waals surface area contributed by atoms with Crippen molar-refractivity contribution in [2.75, 3.05) is 0 Å². The van der Waals surface area contributed by atoms with E-state index in [0.717, 1.165) is 24.2 Å². The summed E-state index contributed by atoms with van der Waals surface area (Å²) >= 11 is 0. The fraction of sp³-hybridized carbons (Fsp3) is 0.500. The number of fused-ring (bicyclic) bond motifs is 1. The van der Waals surface area contributed by atoms with Crippen molar-refractivity contribution in [2.45, 2.75) is 45.7 Å². The van der Waals surface area contributed by atoms with Gasteiger partial charge in [-0.3, -0.25) is 0 Å². The van der Waals surface area contributed by atoms with E-state index in [1.165, 1.54) is 5.52 Å². The second-order valence-electron chi connectivity index (χ2n) is 4.85. The molecule has 2 aromatic rings. The summed E-state index contributed by atoms with van der Waals surface area (Å²) in [5.41, 5.74) is 8.32. The highest BCUT2D eigenvalue weighted by Crippen LogP contribution is 2.21. The Morgan fingerprint density at radius 3 is 2.65 bits per heavy atom. The van der Waals surface area contributed by atoms with Crippen LogP contribution in [0.15, 0.2) is 24.3 Å². The second-order valence-corrected chi connectivity index (χ2v) is 4.85. The Bertz CT molecular complexity index is 499. The molecule has 2 rings (SSSR count). The molecule has 2 N–H and O–H groups in total. The summed E-state index contributed by atoms with van der Waals surface area (Å²) in [6, 6.07) is 8.90. The topological polar surface area (TPSA) is 43.8 Å².